The van der Waals surface area contributed by atoms with Crippen LogP contribution in [0.2, 0.25) is 0 Å². The Bertz CT molecular complexity index is 710. The zero-order valence-electron chi connectivity index (χ0n) is 11.9. The van der Waals surface area contributed by atoms with Gasteiger partial charge in [0.2, 0.25) is 11.8 Å². The number of nitrogen functional groups attached to an aromatic ring is 1. The highest BCUT2D eigenvalue weighted by molar-refractivity contribution is 5.53. The number of benzene rings is 1. The summed E-state index contributed by atoms with van der Waals surface area (Å²) in [6, 6.07) is 3.94. The second-order valence-electron chi connectivity index (χ2n) is 4.44. The number of nitro groups is 1. The largest absolute Gasteiger partial charge is 0.496 e. The minimum Gasteiger partial charge on any atom is -0.496 e. The van der Waals surface area contributed by atoms with Crippen LogP contribution in [-0.2, 0) is 0 Å². The predicted octanol–water partition coefficient (Wildman–Crippen LogP) is 2.29. The van der Waals surface area contributed by atoms with E-state index in [2.05, 4.69) is 15.3 Å². The van der Waals surface area contributed by atoms with Crippen molar-refractivity contribution in [1.29, 1.82) is 0 Å². The quantitative estimate of drug-likeness (QED) is 0.643. The maximum atomic E-state index is 14.0. The molecule has 116 valence electrons. The topological polar surface area (TPSA) is 116 Å². The van der Waals surface area contributed by atoms with Gasteiger partial charge in [0.25, 0.3) is 0 Å². The van der Waals surface area contributed by atoms with Crippen molar-refractivity contribution in [2.45, 2.75) is 13.0 Å². The van der Waals surface area contributed by atoms with Crippen LogP contribution < -0.4 is 15.8 Å². The van der Waals surface area contributed by atoms with Crippen LogP contribution in [0.5, 0.6) is 5.75 Å². The van der Waals surface area contributed by atoms with Crippen molar-refractivity contribution in [1.82, 2.24) is 9.97 Å². The van der Waals surface area contributed by atoms with Crippen LogP contribution in [0.25, 0.3) is 0 Å². The standard InChI is InChI=1S/C13H14FN5O3/c1-7(11-8(14)4-3-5-10(11)22-2)17-13-16-6-9(19(20)21)12(15)18-13/h3-7H,1-2H3,(H3,15,16,17,18)/t7-/m0/s1. The van der Waals surface area contributed by atoms with Gasteiger partial charge in [0, 0.05) is 0 Å². The fraction of sp³-hybridized carbons (Fsp3) is 0.231. The molecule has 0 saturated carbocycles. The minimum atomic E-state index is -0.678. The Hall–Kier alpha value is -2.97. The molecule has 0 unspecified atom stereocenters. The van der Waals surface area contributed by atoms with E-state index in [1.807, 2.05) is 0 Å². The summed E-state index contributed by atoms with van der Waals surface area (Å²) in [4.78, 5) is 17.6. The predicted molar refractivity (Wildman–Crippen MR) is 78.1 cm³/mol. The number of nitrogens with zero attached hydrogens (tertiary/aromatic N) is 3. The fourth-order valence-corrected chi connectivity index (χ4v) is 1.98. The van der Waals surface area contributed by atoms with Gasteiger partial charge in [-0.1, -0.05) is 6.07 Å². The molecule has 1 aromatic heterocycles. The van der Waals surface area contributed by atoms with E-state index >= 15 is 0 Å². The molecule has 2 rings (SSSR count). The highest BCUT2D eigenvalue weighted by Crippen LogP contribution is 2.30. The van der Waals surface area contributed by atoms with Crippen LogP contribution in [0, 0.1) is 15.9 Å². The van der Waals surface area contributed by atoms with Crippen molar-refractivity contribution in [3.63, 3.8) is 0 Å². The number of aromatic nitrogens is 2. The Balaban J connectivity index is 2.28. The van der Waals surface area contributed by atoms with Gasteiger partial charge in [0.1, 0.15) is 17.8 Å². The Kier molecular flexibility index (Phi) is 4.35. The van der Waals surface area contributed by atoms with Crippen LogP contribution in [0.3, 0.4) is 0 Å². The molecule has 1 atom stereocenters. The van der Waals surface area contributed by atoms with Gasteiger partial charge in [-0.3, -0.25) is 10.1 Å². The highest BCUT2D eigenvalue weighted by atomic mass is 19.1. The summed E-state index contributed by atoms with van der Waals surface area (Å²) in [5.74, 6) is -0.291. The van der Waals surface area contributed by atoms with E-state index in [0.29, 0.717) is 11.3 Å². The number of nitrogens with two attached hydrogens (primary N) is 1. The second kappa shape index (κ2) is 6.20. The molecular formula is C13H14FN5O3. The lowest BCUT2D eigenvalue weighted by Gasteiger charge is -2.17. The van der Waals surface area contributed by atoms with Crippen molar-refractivity contribution in [2.75, 3.05) is 18.2 Å². The average molecular weight is 307 g/mol. The summed E-state index contributed by atoms with van der Waals surface area (Å²) in [5, 5.41) is 13.5. The lowest BCUT2D eigenvalue weighted by Crippen LogP contribution is -2.13. The maximum absolute atomic E-state index is 14.0. The van der Waals surface area contributed by atoms with Crippen molar-refractivity contribution in [3.8, 4) is 5.75 Å². The number of hydrogen-bond acceptors (Lipinski definition) is 7. The van der Waals surface area contributed by atoms with Crippen molar-refractivity contribution >= 4 is 17.5 Å². The first kappa shape index (κ1) is 15.4. The van der Waals surface area contributed by atoms with Crippen molar-refractivity contribution < 1.29 is 14.1 Å². The number of hydrogen-bond donors (Lipinski definition) is 2. The SMILES string of the molecule is COc1cccc(F)c1[C@H](C)Nc1ncc([N+](=O)[O-])c(N)n1. The molecule has 0 saturated heterocycles. The van der Waals surface area contributed by atoms with Crippen molar-refractivity contribution in [2.24, 2.45) is 0 Å². The Morgan fingerprint density at radius 3 is 2.82 bits per heavy atom. The van der Waals surface area contributed by atoms with E-state index < -0.39 is 16.8 Å². The molecule has 3 N–H and O–H groups in total. The molecule has 0 bridgehead atoms. The monoisotopic (exact) mass is 307 g/mol. The van der Waals surface area contributed by atoms with Crippen LogP contribution >= 0.6 is 0 Å². The molecule has 0 amide bonds. The van der Waals surface area contributed by atoms with Gasteiger partial charge < -0.3 is 15.8 Å². The Morgan fingerprint density at radius 2 is 2.23 bits per heavy atom. The zero-order valence-corrected chi connectivity index (χ0v) is 11.9. The fourth-order valence-electron chi connectivity index (χ4n) is 1.98. The van der Waals surface area contributed by atoms with E-state index in [1.54, 1.807) is 13.0 Å². The van der Waals surface area contributed by atoms with E-state index in [0.717, 1.165) is 6.20 Å². The second-order valence-corrected chi connectivity index (χ2v) is 4.44. The van der Waals surface area contributed by atoms with Gasteiger partial charge in [0.15, 0.2) is 0 Å². The highest BCUT2D eigenvalue weighted by Gasteiger charge is 2.19. The molecule has 0 aliphatic rings. The number of rotatable bonds is 5. The number of methoxy groups -OCH3 is 1. The third-order valence-electron chi connectivity index (χ3n) is 3.01. The third kappa shape index (κ3) is 3.03. The summed E-state index contributed by atoms with van der Waals surface area (Å²) in [7, 11) is 1.44. The molecule has 22 heavy (non-hydrogen) atoms. The van der Waals surface area contributed by atoms with Crippen LogP contribution in [-0.4, -0.2) is 22.0 Å². The maximum Gasteiger partial charge on any atom is 0.329 e. The molecule has 1 aromatic carbocycles. The summed E-state index contributed by atoms with van der Waals surface area (Å²) in [5.41, 5.74) is 5.40. The van der Waals surface area contributed by atoms with Crippen LogP contribution in [0.15, 0.2) is 24.4 Å². The number of ether oxygens (including phenoxy) is 1. The van der Waals surface area contributed by atoms with E-state index in [-0.39, 0.29) is 17.5 Å². The molecule has 8 nitrogen and oxygen atoms in total. The minimum absolute atomic E-state index is 0.0564. The van der Waals surface area contributed by atoms with Gasteiger partial charge in [-0.2, -0.15) is 4.98 Å². The summed E-state index contributed by atoms with van der Waals surface area (Å²) in [6.45, 7) is 1.68. The van der Waals surface area contributed by atoms with Gasteiger partial charge >= 0.3 is 5.69 Å². The molecule has 0 aliphatic carbocycles. The smallest absolute Gasteiger partial charge is 0.329 e. The zero-order chi connectivity index (χ0) is 16.3. The molecule has 0 radical (unpaired) electrons. The number of anilines is 2. The van der Waals surface area contributed by atoms with E-state index in [4.69, 9.17) is 10.5 Å². The molecule has 0 spiro atoms. The molecule has 2 aromatic rings. The average Bonchev–Trinajstić information content (AvgIpc) is 2.46. The summed E-state index contributed by atoms with van der Waals surface area (Å²) in [6.07, 6.45) is 0.996. The lowest BCUT2D eigenvalue weighted by atomic mass is 10.1. The first-order valence-electron chi connectivity index (χ1n) is 6.30. The normalized spacial score (nSPS) is 11.8. The van der Waals surface area contributed by atoms with E-state index in [9.17, 15) is 14.5 Å². The molecule has 0 fully saturated rings. The van der Waals surface area contributed by atoms with Crippen LogP contribution in [0.1, 0.15) is 18.5 Å². The third-order valence-corrected chi connectivity index (χ3v) is 3.01. The van der Waals surface area contributed by atoms with Gasteiger partial charge in [-0.05, 0) is 19.1 Å². The van der Waals surface area contributed by atoms with Gasteiger partial charge in [-0.25, -0.2) is 9.37 Å². The van der Waals surface area contributed by atoms with E-state index in [1.165, 1.54) is 19.2 Å². The first-order valence-corrected chi connectivity index (χ1v) is 6.30. The lowest BCUT2D eigenvalue weighted by molar-refractivity contribution is -0.384. The number of nitrogens with one attached hydrogen (secondary N) is 1. The molecular weight excluding hydrogens is 293 g/mol. The Labute approximate surface area is 125 Å². The first-order chi connectivity index (χ1) is 10.4. The van der Waals surface area contributed by atoms with Crippen LogP contribution in [0.4, 0.5) is 21.8 Å². The van der Waals surface area contributed by atoms with Gasteiger partial charge in [-0.15, -0.1) is 0 Å². The molecule has 0 aliphatic heterocycles. The molecule has 9 heteroatoms. The van der Waals surface area contributed by atoms with Crippen molar-refractivity contribution in [3.05, 3.63) is 45.9 Å². The summed E-state index contributed by atoms with van der Waals surface area (Å²) < 4.78 is 19.1. The summed E-state index contributed by atoms with van der Waals surface area (Å²) >= 11 is 0. The Morgan fingerprint density at radius 1 is 1.50 bits per heavy atom. The number of halogens is 1. The van der Waals surface area contributed by atoms with Gasteiger partial charge in [0.05, 0.1) is 23.6 Å². The molecule has 1 heterocycles.